The Kier molecular flexibility index (Phi) is 7.37. The van der Waals surface area contributed by atoms with Gasteiger partial charge in [0, 0.05) is 11.6 Å². The van der Waals surface area contributed by atoms with Crippen molar-refractivity contribution in [2.75, 3.05) is 20.2 Å². The van der Waals surface area contributed by atoms with Crippen LogP contribution in [0.5, 0.6) is 17.2 Å². The van der Waals surface area contributed by atoms with Crippen molar-refractivity contribution in [3.63, 3.8) is 0 Å². The third-order valence-corrected chi connectivity index (χ3v) is 3.72. The monoisotopic (exact) mass is 383 g/mol. The standard InChI is InChI=1S/C18H19Cl2NO4/c1-12(18(22)23-10-9-21-2)24-14-4-6-15(7-5-14)25-17-8-3-13(19)11-16(17)20/h3-8,11-12,21H,9-10H2,1-2H3. The third-order valence-electron chi connectivity index (χ3n) is 3.19. The van der Waals surface area contributed by atoms with Crippen molar-refractivity contribution in [3.05, 3.63) is 52.5 Å². The molecule has 7 heteroatoms. The molecule has 1 atom stereocenters. The average Bonchev–Trinajstić information content (AvgIpc) is 2.59. The summed E-state index contributed by atoms with van der Waals surface area (Å²) in [4.78, 5) is 11.8. The average molecular weight is 384 g/mol. The summed E-state index contributed by atoms with van der Waals surface area (Å²) in [6.45, 7) is 2.54. The summed E-state index contributed by atoms with van der Waals surface area (Å²) in [7, 11) is 1.79. The van der Waals surface area contributed by atoms with E-state index in [1.165, 1.54) is 0 Å². The first-order chi connectivity index (χ1) is 12.0. The van der Waals surface area contributed by atoms with E-state index in [2.05, 4.69) is 5.32 Å². The largest absolute Gasteiger partial charge is 0.479 e. The van der Waals surface area contributed by atoms with Gasteiger partial charge in [-0.3, -0.25) is 0 Å². The molecule has 0 aliphatic heterocycles. The summed E-state index contributed by atoms with van der Waals surface area (Å²) in [5, 5.41) is 3.86. The number of likely N-dealkylation sites (N-methyl/N-ethyl adjacent to an activating group) is 1. The van der Waals surface area contributed by atoms with Crippen LogP contribution in [0.4, 0.5) is 0 Å². The SMILES string of the molecule is CNCCOC(=O)C(C)Oc1ccc(Oc2ccc(Cl)cc2Cl)cc1. The normalized spacial score (nSPS) is 11.7. The van der Waals surface area contributed by atoms with Gasteiger partial charge in [0.25, 0.3) is 0 Å². The number of rotatable bonds is 8. The molecule has 0 saturated heterocycles. The van der Waals surface area contributed by atoms with Crippen LogP contribution in [-0.4, -0.2) is 32.3 Å². The van der Waals surface area contributed by atoms with Crippen LogP contribution in [0.15, 0.2) is 42.5 Å². The molecule has 2 rings (SSSR count). The number of esters is 1. The van der Waals surface area contributed by atoms with E-state index in [-0.39, 0.29) is 0 Å². The van der Waals surface area contributed by atoms with Crippen LogP contribution in [0.2, 0.25) is 10.0 Å². The fourth-order valence-electron chi connectivity index (χ4n) is 1.89. The lowest BCUT2D eigenvalue weighted by atomic mass is 10.3. The molecule has 0 aliphatic carbocycles. The summed E-state index contributed by atoms with van der Waals surface area (Å²) in [5.74, 6) is 1.21. The molecule has 0 saturated carbocycles. The van der Waals surface area contributed by atoms with E-state index in [1.807, 2.05) is 0 Å². The van der Waals surface area contributed by atoms with E-state index >= 15 is 0 Å². The Morgan fingerprint density at radius 1 is 1.12 bits per heavy atom. The summed E-state index contributed by atoms with van der Waals surface area (Å²) in [5.41, 5.74) is 0. The Balaban J connectivity index is 1.92. The summed E-state index contributed by atoms with van der Waals surface area (Å²) < 4.78 is 16.3. The highest BCUT2D eigenvalue weighted by molar-refractivity contribution is 6.35. The van der Waals surface area contributed by atoms with E-state index in [4.69, 9.17) is 37.4 Å². The fraction of sp³-hybridized carbons (Fsp3) is 0.278. The first kappa shape index (κ1) is 19.4. The summed E-state index contributed by atoms with van der Waals surface area (Å²) in [6.07, 6.45) is -0.700. The van der Waals surface area contributed by atoms with E-state index < -0.39 is 12.1 Å². The lowest BCUT2D eigenvalue weighted by Crippen LogP contribution is -2.28. The summed E-state index contributed by atoms with van der Waals surface area (Å²) in [6, 6.07) is 11.9. The zero-order valence-corrected chi connectivity index (χ0v) is 15.4. The second-order valence-electron chi connectivity index (χ2n) is 5.18. The maximum absolute atomic E-state index is 11.8. The smallest absolute Gasteiger partial charge is 0.347 e. The van der Waals surface area contributed by atoms with Crippen LogP contribution in [0, 0.1) is 0 Å². The van der Waals surface area contributed by atoms with Gasteiger partial charge in [-0.15, -0.1) is 0 Å². The lowest BCUT2D eigenvalue weighted by molar-refractivity contribution is -0.150. The van der Waals surface area contributed by atoms with Crippen LogP contribution in [0.25, 0.3) is 0 Å². The quantitative estimate of drug-likeness (QED) is 0.543. The predicted molar refractivity (Wildman–Crippen MR) is 98.0 cm³/mol. The Morgan fingerprint density at radius 2 is 1.80 bits per heavy atom. The van der Waals surface area contributed by atoms with Gasteiger partial charge in [0.1, 0.15) is 23.9 Å². The van der Waals surface area contributed by atoms with Crippen LogP contribution in [0.1, 0.15) is 6.92 Å². The Labute approximate surface area is 156 Å². The molecule has 2 aromatic carbocycles. The van der Waals surface area contributed by atoms with Crippen molar-refractivity contribution >= 4 is 29.2 Å². The number of ether oxygens (including phenoxy) is 3. The minimum atomic E-state index is -0.700. The van der Waals surface area contributed by atoms with E-state index in [1.54, 1.807) is 56.4 Å². The highest BCUT2D eigenvalue weighted by Crippen LogP contribution is 2.32. The van der Waals surface area contributed by atoms with Crippen LogP contribution in [-0.2, 0) is 9.53 Å². The van der Waals surface area contributed by atoms with Crippen molar-refractivity contribution in [1.82, 2.24) is 5.32 Å². The third kappa shape index (κ3) is 6.12. The predicted octanol–water partition coefficient (Wildman–Crippen LogP) is 4.32. The molecule has 134 valence electrons. The molecular formula is C18H19Cl2NO4. The van der Waals surface area contributed by atoms with E-state index in [0.29, 0.717) is 40.4 Å². The van der Waals surface area contributed by atoms with Gasteiger partial charge in [0.05, 0.1) is 5.02 Å². The van der Waals surface area contributed by atoms with E-state index in [0.717, 1.165) is 0 Å². The first-order valence-corrected chi connectivity index (χ1v) is 8.46. The van der Waals surface area contributed by atoms with Crippen molar-refractivity contribution < 1.29 is 19.0 Å². The molecular weight excluding hydrogens is 365 g/mol. The van der Waals surface area contributed by atoms with Gasteiger partial charge in [0.15, 0.2) is 6.10 Å². The maximum Gasteiger partial charge on any atom is 0.347 e. The molecule has 25 heavy (non-hydrogen) atoms. The molecule has 0 aromatic heterocycles. The number of nitrogens with one attached hydrogen (secondary N) is 1. The van der Waals surface area contributed by atoms with E-state index in [9.17, 15) is 4.79 Å². The zero-order valence-electron chi connectivity index (χ0n) is 13.9. The number of halogens is 2. The lowest BCUT2D eigenvalue weighted by Gasteiger charge is -2.14. The molecule has 0 heterocycles. The zero-order chi connectivity index (χ0) is 18.2. The number of hydrogen-bond acceptors (Lipinski definition) is 5. The summed E-state index contributed by atoms with van der Waals surface area (Å²) >= 11 is 11.9. The molecule has 0 aliphatic rings. The second kappa shape index (κ2) is 9.51. The van der Waals surface area contributed by atoms with Gasteiger partial charge in [-0.25, -0.2) is 4.79 Å². The molecule has 1 N–H and O–H groups in total. The van der Waals surface area contributed by atoms with Gasteiger partial charge in [-0.05, 0) is 56.4 Å². The number of hydrogen-bond donors (Lipinski definition) is 1. The van der Waals surface area contributed by atoms with Crippen LogP contribution >= 0.6 is 23.2 Å². The highest BCUT2D eigenvalue weighted by atomic mass is 35.5. The van der Waals surface area contributed by atoms with Crippen LogP contribution in [0.3, 0.4) is 0 Å². The van der Waals surface area contributed by atoms with Gasteiger partial charge < -0.3 is 19.5 Å². The molecule has 2 aromatic rings. The van der Waals surface area contributed by atoms with Crippen molar-refractivity contribution in [1.29, 1.82) is 0 Å². The Bertz CT molecular complexity index is 707. The molecule has 0 fully saturated rings. The van der Waals surface area contributed by atoms with Gasteiger partial charge in [-0.1, -0.05) is 23.2 Å². The molecule has 0 radical (unpaired) electrons. The fourth-order valence-corrected chi connectivity index (χ4v) is 2.34. The Hall–Kier alpha value is -1.95. The maximum atomic E-state index is 11.8. The first-order valence-electron chi connectivity index (χ1n) is 7.70. The molecule has 0 bridgehead atoms. The van der Waals surface area contributed by atoms with Gasteiger partial charge in [0.2, 0.25) is 0 Å². The van der Waals surface area contributed by atoms with Gasteiger partial charge in [-0.2, -0.15) is 0 Å². The molecule has 5 nitrogen and oxygen atoms in total. The second-order valence-corrected chi connectivity index (χ2v) is 6.02. The van der Waals surface area contributed by atoms with Crippen molar-refractivity contribution in [2.24, 2.45) is 0 Å². The minimum absolute atomic E-state index is 0.303. The van der Waals surface area contributed by atoms with Gasteiger partial charge >= 0.3 is 5.97 Å². The minimum Gasteiger partial charge on any atom is -0.479 e. The topological polar surface area (TPSA) is 56.8 Å². The van der Waals surface area contributed by atoms with Crippen LogP contribution < -0.4 is 14.8 Å². The van der Waals surface area contributed by atoms with Crippen molar-refractivity contribution in [3.8, 4) is 17.2 Å². The highest BCUT2D eigenvalue weighted by Gasteiger charge is 2.16. The molecule has 0 amide bonds. The van der Waals surface area contributed by atoms with Crippen molar-refractivity contribution in [2.45, 2.75) is 13.0 Å². The number of benzene rings is 2. The molecule has 1 unspecified atom stereocenters. The Morgan fingerprint density at radius 3 is 2.44 bits per heavy atom. The number of carbonyl (C=O) groups is 1. The number of carbonyl (C=O) groups excluding carboxylic acids is 1. The molecule has 0 spiro atoms.